The second kappa shape index (κ2) is 7.08. The molecule has 3 rings (SSSR count). The molecule has 1 aliphatic heterocycles. The molecule has 1 aliphatic rings. The van der Waals surface area contributed by atoms with E-state index in [1.165, 1.54) is 6.92 Å². The Morgan fingerprint density at radius 1 is 1.46 bits per heavy atom. The van der Waals surface area contributed by atoms with E-state index in [2.05, 4.69) is 26.4 Å². The Hall–Kier alpha value is -1.64. The molecule has 0 aliphatic carbocycles. The lowest BCUT2D eigenvalue weighted by Gasteiger charge is -2.26. The van der Waals surface area contributed by atoms with Crippen LogP contribution in [0.15, 0.2) is 6.07 Å². The van der Waals surface area contributed by atoms with Crippen molar-refractivity contribution in [2.75, 3.05) is 25.5 Å². The minimum absolute atomic E-state index is 0.0425. The Morgan fingerprint density at radius 3 is 2.92 bits per heavy atom. The molecule has 0 spiro atoms. The molecule has 0 atom stereocenters. The molecule has 0 radical (unpaired) electrons. The van der Waals surface area contributed by atoms with Crippen LogP contribution >= 0.6 is 22.9 Å². The van der Waals surface area contributed by atoms with Gasteiger partial charge in [-0.3, -0.25) is 14.4 Å². The molecule has 0 bridgehead atoms. The molecule has 1 N–H and O–H groups in total. The van der Waals surface area contributed by atoms with Crippen molar-refractivity contribution in [2.24, 2.45) is 0 Å². The zero-order valence-electron chi connectivity index (χ0n) is 14.0. The average molecular weight is 369 g/mol. The van der Waals surface area contributed by atoms with Crippen molar-refractivity contribution in [3.05, 3.63) is 27.5 Å². The van der Waals surface area contributed by atoms with Crippen molar-refractivity contribution in [3.63, 3.8) is 0 Å². The van der Waals surface area contributed by atoms with Crippen LogP contribution in [0.2, 0.25) is 5.15 Å². The van der Waals surface area contributed by atoms with Crippen LogP contribution in [0.1, 0.15) is 23.2 Å². The lowest BCUT2D eigenvalue weighted by atomic mass is 10.2. The zero-order chi connectivity index (χ0) is 17.3. The van der Waals surface area contributed by atoms with Gasteiger partial charge in [0.2, 0.25) is 5.91 Å². The molecule has 0 fully saturated rings. The quantitative estimate of drug-likeness (QED) is 0.870. The summed E-state index contributed by atoms with van der Waals surface area (Å²) in [6, 6.07) is 2.06. The van der Waals surface area contributed by atoms with Crippen molar-refractivity contribution < 1.29 is 4.79 Å². The van der Waals surface area contributed by atoms with Gasteiger partial charge in [-0.15, -0.1) is 0 Å². The number of halogens is 1. The van der Waals surface area contributed by atoms with Crippen molar-refractivity contribution in [1.82, 2.24) is 25.0 Å². The van der Waals surface area contributed by atoms with Gasteiger partial charge < -0.3 is 10.2 Å². The summed E-state index contributed by atoms with van der Waals surface area (Å²) in [6.07, 6.45) is 0. The summed E-state index contributed by atoms with van der Waals surface area (Å²) in [5.41, 5.74) is 2.06. The largest absolute Gasteiger partial charge is 0.354 e. The minimum atomic E-state index is -0.0425. The third-order valence-corrected chi connectivity index (χ3v) is 5.47. The highest BCUT2D eigenvalue weighted by Crippen LogP contribution is 2.30. The van der Waals surface area contributed by atoms with Gasteiger partial charge in [-0.2, -0.15) is 5.10 Å². The third-order valence-electron chi connectivity index (χ3n) is 3.83. The fourth-order valence-electron chi connectivity index (χ4n) is 2.63. The number of nitrogens with zero attached hydrogens (tertiary/aromatic N) is 5. The molecule has 0 saturated heterocycles. The number of fused-ring (bicyclic) bond motifs is 1. The molecular formula is C15H21ClN6OS. The van der Waals surface area contributed by atoms with Crippen LogP contribution in [-0.2, 0) is 31.0 Å². The summed E-state index contributed by atoms with van der Waals surface area (Å²) in [5.74, 6) is -0.0425. The standard InChI is InChI=1S/C15H21ClN6OS/c1-10(23)17-7-11-6-12-8-21(4-5-22(12)19-11)9-13-14(16)18-15(24-13)20(2)3/h6H,4-5,7-9H2,1-3H3,(H,17,23). The number of anilines is 1. The van der Waals surface area contributed by atoms with E-state index in [0.717, 1.165) is 47.6 Å². The number of carbonyl (C=O) groups excluding carboxylic acids is 1. The summed E-state index contributed by atoms with van der Waals surface area (Å²) in [6.45, 7) is 5.35. The number of nitrogens with one attached hydrogen (secondary N) is 1. The second-order valence-corrected chi connectivity index (χ2v) is 7.50. The van der Waals surface area contributed by atoms with E-state index in [4.69, 9.17) is 11.6 Å². The zero-order valence-corrected chi connectivity index (χ0v) is 15.6. The number of amides is 1. The molecule has 24 heavy (non-hydrogen) atoms. The number of rotatable bonds is 5. The van der Waals surface area contributed by atoms with Crippen molar-refractivity contribution in [3.8, 4) is 0 Å². The van der Waals surface area contributed by atoms with Crippen molar-refractivity contribution in [1.29, 1.82) is 0 Å². The second-order valence-electron chi connectivity index (χ2n) is 6.08. The molecule has 0 aromatic carbocycles. The first kappa shape index (κ1) is 17.2. The molecule has 2 aromatic heterocycles. The van der Waals surface area contributed by atoms with Gasteiger partial charge in [0, 0.05) is 40.7 Å². The molecule has 130 valence electrons. The summed E-state index contributed by atoms with van der Waals surface area (Å²) in [4.78, 5) is 20.8. The fourth-order valence-corrected chi connectivity index (χ4v) is 3.85. The lowest BCUT2D eigenvalue weighted by Crippen LogP contribution is -2.33. The molecular weight excluding hydrogens is 348 g/mol. The average Bonchev–Trinajstić information content (AvgIpc) is 3.08. The lowest BCUT2D eigenvalue weighted by molar-refractivity contribution is -0.119. The van der Waals surface area contributed by atoms with Gasteiger partial charge in [0.25, 0.3) is 0 Å². The molecule has 9 heteroatoms. The highest BCUT2D eigenvalue weighted by Gasteiger charge is 2.21. The maximum Gasteiger partial charge on any atom is 0.217 e. The van der Waals surface area contributed by atoms with Gasteiger partial charge in [-0.05, 0) is 6.07 Å². The smallest absolute Gasteiger partial charge is 0.217 e. The van der Waals surface area contributed by atoms with Crippen LogP contribution in [0.3, 0.4) is 0 Å². The van der Waals surface area contributed by atoms with Crippen LogP contribution in [-0.4, -0.2) is 46.2 Å². The van der Waals surface area contributed by atoms with Gasteiger partial charge in [0.05, 0.1) is 29.4 Å². The first-order valence-electron chi connectivity index (χ1n) is 7.77. The molecule has 3 heterocycles. The van der Waals surface area contributed by atoms with E-state index in [0.29, 0.717) is 11.7 Å². The number of thiazole rings is 1. The van der Waals surface area contributed by atoms with Gasteiger partial charge in [0.1, 0.15) is 5.15 Å². The van der Waals surface area contributed by atoms with Crippen molar-refractivity contribution in [2.45, 2.75) is 33.1 Å². The third kappa shape index (κ3) is 3.88. The van der Waals surface area contributed by atoms with E-state index in [-0.39, 0.29) is 5.91 Å². The highest BCUT2D eigenvalue weighted by molar-refractivity contribution is 7.16. The monoisotopic (exact) mass is 368 g/mol. The Kier molecular flexibility index (Phi) is 5.07. The van der Waals surface area contributed by atoms with Gasteiger partial charge >= 0.3 is 0 Å². The van der Waals surface area contributed by atoms with Gasteiger partial charge in [0.15, 0.2) is 5.13 Å². The molecule has 7 nitrogen and oxygen atoms in total. The van der Waals surface area contributed by atoms with Crippen LogP contribution in [0, 0.1) is 0 Å². The molecule has 0 saturated carbocycles. The summed E-state index contributed by atoms with van der Waals surface area (Å²) < 4.78 is 2.02. The van der Waals surface area contributed by atoms with Crippen molar-refractivity contribution >= 4 is 34.0 Å². The predicted molar refractivity (Wildman–Crippen MR) is 95.3 cm³/mol. The SMILES string of the molecule is CC(=O)NCc1cc2n(n1)CCN(Cc1sc(N(C)C)nc1Cl)C2. The first-order chi connectivity index (χ1) is 11.4. The maximum absolute atomic E-state index is 11.0. The fraction of sp³-hybridized carbons (Fsp3) is 0.533. The van der Waals surface area contributed by atoms with Crippen LogP contribution in [0.25, 0.3) is 0 Å². The molecule has 0 unspecified atom stereocenters. The summed E-state index contributed by atoms with van der Waals surface area (Å²) >= 11 is 7.90. The summed E-state index contributed by atoms with van der Waals surface area (Å²) in [5, 5.41) is 8.84. The number of hydrogen-bond donors (Lipinski definition) is 1. The van der Waals surface area contributed by atoms with Gasteiger partial charge in [-0.25, -0.2) is 4.98 Å². The van der Waals surface area contributed by atoms with E-state index in [9.17, 15) is 4.79 Å². The maximum atomic E-state index is 11.0. The van der Waals surface area contributed by atoms with E-state index in [1.54, 1.807) is 11.3 Å². The van der Waals surface area contributed by atoms with Gasteiger partial charge in [-0.1, -0.05) is 22.9 Å². The van der Waals surface area contributed by atoms with E-state index >= 15 is 0 Å². The summed E-state index contributed by atoms with van der Waals surface area (Å²) in [7, 11) is 3.93. The van der Waals surface area contributed by atoms with E-state index in [1.807, 2.05) is 23.7 Å². The minimum Gasteiger partial charge on any atom is -0.354 e. The Bertz CT molecular complexity index is 740. The van der Waals surface area contributed by atoms with E-state index < -0.39 is 0 Å². The Balaban J connectivity index is 1.65. The van der Waals surface area contributed by atoms with Crippen LogP contribution in [0.4, 0.5) is 5.13 Å². The predicted octanol–water partition coefficient (Wildman–Crippen LogP) is 1.71. The topological polar surface area (TPSA) is 66.3 Å². The first-order valence-corrected chi connectivity index (χ1v) is 8.96. The molecule has 2 aromatic rings. The number of aromatic nitrogens is 3. The van der Waals surface area contributed by atoms with Crippen LogP contribution < -0.4 is 10.2 Å². The Labute approximate surface area is 150 Å². The van der Waals surface area contributed by atoms with Crippen LogP contribution in [0.5, 0.6) is 0 Å². The Morgan fingerprint density at radius 2 is 2.25 bits per heavy atom. The number of hydrogen-bond acceptors (Lipinski definition) is 6. The molecule has 1 amide bonds. The normalized spacial score (nSPS) is 14.5. The number of carbonyl (C=O) groups is 1. The highest BCUT2D eigenvalue weighted by atomic mass is 35.5.